The fraction of sp³-hybridized carbons (Fsp3) is 0.213. The molecule has 0 aliphatic heterocycles. The summed E-state index contributed by atoms with van der Waals surface area (Å²) in [6.45, 7) is 0. The average Bonchev–Trinajstić information content (AvgIpc) is 3.83. The summed E-state index contributed by atoms with van der Waals surface area (Å²) in [5.74, 6) is 1.32. The van der Waals surface area contributed by atoms with Gasteiger partial charge in [-0.1, -0.05) is 184 Å². The molecule has 300 valence electrons. The number of rotatable bonds is 5. The van der Waals surface area contributed by atoms with Crippen molar-refractivity contribution in [2.75, 3.05) is 4.90 Å². The Labute approximate surface area is 365 Å². The molecule has 0 saturated heterocycles. The number of hydrogen-bond acceptors (Lipinski definition) is 1. The second-order valence-electron chi connectivity index (χ2n) is 18.7. The predicted octanol–water partition coefficient (Wildman–Crippen LogP) is 17.1. The highest BCUT2D eigenvalue weighted by atomic mass is 15.1. The number of nitrogens with zero attached hydrogens (tertiary/aromatic N) is 1. The van der Waals surface area contributed by atoms with Crippen molar-refractivity contribution in [3.05, 3.63) is 209 Å². The second-order valence-corrected chi connectivity index (χ2v) is 18.7. The molecule has 1 nitrogen and oxygen atoms in total. The molecule has 4 aliphatic carbocycles. The lowest BCUT2D eigenvalue weighted by Crippen LogP contribution is -2.26. The highest BCUT2D eigenvalue weighted by molar-refractivity contribution is 6.24. The standard InChI is InChI=1S/C61H51N/c1-3-17-40(18-4-1)42-31-35-44(36-32-42)62(45-37-33-43(34-38-45)41-19-5-2-6-20-41)57-39-56-58(52-27-11-9-25-50(52)57)59-51-26-10-7-21-46(51)47-22-8-12-28-53(47)60(59)61(56)54-29-15-13-23-48(54)49-24-14-16-30-55(49)61/h7-16,21-41H,1-6,17-20H2. The summed E-state index contributed by atoms with van der Waals surface area (Å²) in [5.41, 5.74) is 17.1. The van der Waals surface area contributed by atoms with E-state index in [1.54, 1.807) is 0 Å². The van der Waals surface area contributed by atoms with E-state index >= 15 is 0 Å². The van der Waals surface area contributed by atoms with Gasteiger partial charge in [0.1, 0.15) is 0 Å². The molecule has 2 fully saturated rings. The Morgan fingerprint density at radius 3 is 1.31 bits per heavy atom. The van der Waals surface area contributed by atoms with Gasteiger partial charge in [-0.2, -0.15) is 0 Å². The summed E-state index contributed by atoms with van der Waals surface area (Å²) < 4.78 is 0. The van der Waals surface area contributed by atoms with E-state index in [1.165, 1.54) is 169 Å². The Bertz CT molecular complexity index is 3090. The molecule has 0 radical (unpaired) electrons. The van der Waals surface area contributed by atoms with Crippen molar-refractivity contribution in [3.8, 4) is 22.3 Å². The van der Waals surface area contributed by atoms with Gasteiger partial charge in [-0.3, -0.25) is 0 Å². The quantitative estimate of drug-likeness (QED) is 0.157. The van der Waals surface area contributed by atoms with Crippen LogP contribution < -0.4 is 4.90 Å². The maximum atomic E-state index is 2.63. The van der Waals surface area contributed by atoms with Crippen LogP contribution in [0.5, 0.6) is 0 Å². The van der Waals surface area contributed by atoms with Gasteiger partial charge in [0.2, 0.25) is 0 Å². The van der Waals surface area contributed by atoms with Crippen molar-refractivity contribution < 1.29 is 0 Å². The first-order chi connectivity index (χ1) is 30.8. The van der Waals surface area contributed by atoms with Crippen molar-refractivity contribution in [2.45, 2.75) is 81.5 Å². The lowest BCUT2D eigenvalue weighted by Gasteiger charge is -2.34. The first-order valence-electron chi connectivity index (χ1n) is 23.5. The second kappa shape index (κ2) is 14.3. The third-order valence-corrected chi connectivity index (χ3v) is 15.6. The van der Waals surface area contributed by atoms with E-state index in [9.17, 15) is 0 Å². The van der Waals surface area contributed by atoms with Gasteiger partial charge in [-0.25, -0.2) is 0 Å². The molecule has 4 aliphatic rings. The molecule has 0 heterocycles. The Morgan fingerprint density at radius 1 is 0.355 bits per heavy atom. The van der Waals surface area contributed by atoms with Crippen LogP contribution in [-0.2, 0) is 5.41 Å². The summed E-state index contributed by atoms with van der Waals surface area (Å²) in [5, 5.41) is 7.88. The summed E-state index contributed by atoms with van der Waals surface area (Å²) in [6.07, 6.45) is 13.3. The number of fused-ring (bicyclic) bond motifs is 17. The largest absolute Gasteiger partial charge is 0.310 e. The van der Waals surface area contributed by atoms with E-state index in [4.69, 9.17) is 0 Å². The zero-order valence-corrected chi connectivity index (χ0v) is 35.4. The fourth-order valence-electron chi connectivity index (χ4n) is 12.9. The molecule has 0 aromatic heterocycles. The molecule has 2 saturated carbocycles. The predicted molar refractivity (Wildman–Crippen MR) is 262 cm³/mol. The first kappa shape index (κ1) is 36.2. The maximum Gasteiger partial charge on any atom is 0.0732 e. The van der Waals surface area contributed by atoms with Crippen LogP contribution in [-0.4, -0.2) is 0 Å². The molecule has 0 atom stereocenters. The Kier molecular flexibility index (Phi) is 8.37. The van der Waals surface area contributed by atoms with Crippen LogP contribution in [0.3, 0.4) is 0 Å². The van der Waals surface area contributed by atoms with Crippen LogP contribution in [0.15, 0.2) is 176 Å². The van der Waals surface area contributed by atoms with Crippen LogP contribution >= 0.6 is 0 Å². The molecule has 9 aromatic rings. The van der Waals surface area contributed by atoms with Gasteiger partial charge >= 0.3 is 0 Å². The molecule has 0 bridgehead atoms. The Balaban J connectivity index is 1.14. The van der Waals surface area contributed by atoms with E-state index in [-0.39, 0.29) is 0 Å². The lowest BCUT2D eigenvalue weighted by molar-refractivity contribution is 0.443. The van der Waals surface area contributed by atoms with Gasteiger partial charge in [0.15, 0.2) is 0 Å². The summed E-state index contributed by atoms with van der Waals surface area (Å²) >= 11 is 0. The normalized spacial score (nSPS) is 16.7. The minimum atomic E-state index is -0.526. The van der Waals surface area contributed by atoms with Gasteiger partial charge in [0.25, 0.3) is 0 Å². The molecule has 0 N–H and O–H groups in total. The van der Waals surface area contributed by atoms with Crippen LogP contribution in [0.1, 0.15) is 109 Å². The van der Waals surface area contributed by atoms with E-state index in [1.807, 2.05) is 0 Å². The van der Waals surface area contributed by atoms with Crippen LogP contribution in [0.25, 0.3) is 54.6 Å². The molecule has 13 rings (SSSR count). The van der Waals surface area contributed by atoms with Gasteiger partial charge in [-0.15, -0.1) is 0 Å². The number of hydrogen-bond donors (Lipinski definition) is 0. The number of benzene rings is 9. The molecule has 9 aromatic carbocycles. The maximum absolute atomic E-state index is 2.63. The van der Waals surface area contributed by atoms with Crippen LogP contribution in [0.2, 0.25) is 0 Å². The zero-order chi connectivity index (χ0) is 40.8. The summed E-state index contributed by atoms with van der Waals surface area (Å²) in [4.78, 5) is 2.59. The topological polar surface area (TPSA) is 3.24 Å². The molecule has 62 heavy (non-hydrogen) atoms. The van der Waals surface area contributed by atoms with Crippen molar-refractivity contribution in [1.29, 1.82) is 0 Å². The van der Waals surface area contributed by atoms with Crippen molar-refractivity contribution in [3.63, 3.8) is 0 Å². The van der Waals surface area contributed by atoms with Crippen LogP contribution in [0.4, 0.5) is 17.1 Å². The molecule has 1 heteroatoms. The van der Waals surface area contributed by atoms with Gasteiger partial charge < -0.3 is 4.90 Å². The highest BCUT2D eigenvalue weighted by Crippen LogP contribution is 2.67. The Hall–Kier alpha value is -6.44. The molecular weight excluding hydrogens is 747 g/mol. The molecule has 0 unspecified atom stereocenters. The van der Waals surface area contributed by atoms with Crippen molar-refractivity contribution in [1.82, 2.24) is 0 Å². The molecule has 0 amide bonds. The minimum Gasteiger partial charge on any atom is -0.310 e. The molecule has 1 spiro atoms. The third-order valence-electron chi connectivity index (χ3n) is 15.6. The third kappa shape index (κ3) is 5.21. The van der Waals surface area contributed by atoms with Gasteiger partial charge in [0, 0.05) is 16.8 Å². The Morgan fingerprint density at radius 2 is 0.774 bits per heavy atom. The fourth-order valence-corrected chi connectivity index (χ4v) is 12.9. The summed E-state index contributed by atoms with van der Waals surface area (Å²) in [6, 6.07) is 68.4. The first-order valence-corrected chi connectivity index (χ1v) is 23.5. The monoisotopic (exact) mass is 797 g/mol. The number of anilines is 3. The highest BCUT2D eigenvalue weighted by Gasteiger charge is 2.54. The van der Waals surface area contributed by atoms with Gasteiger partial charge in [0.05, 0.1) is 11.1 Å². The van der Waals surface area contributed by atoms with Gasteiger partial charge in [-0.05, 0) is 150 Å². The lowest BCUT2D eigenvalue weighted by atomic mass is 9.69. The minimum absolute atomic E-state index is 0.526. The molecular formula is C61H51N. The zero-order valence-electron chi connectivity index (χ0n) is 35.4. The van der Waals surface area contributed by atoms with E-state index in [0.29, 0.717) is 11.8 Å². The van der Waals surface area contributed by atoms with E-state index in [2.05, 4.69) is 181 Å². The van der Waals surface area contributed by atoms with Crippen molar-refractivity contribution in [2.24, 2.45) is 0 Å². The average molecular weight is 798 g/mol. The van der Waals surface area contributed by atoms with Crippen molar-refractivity contribution >= 4 is 49.4 Å². The van der Waals surface area contributed by atoms with Crippen LogP contribution in [0, 0.1) is 0 Å². The SMILES string of the molecule is c1ccc2c(c1)-c1ccccc1C21c2cc(N(c3ccc(C4CCCCC4)cc3)c3ccc(C4CCCCC4)cc3)c3ccccc3c2-c2c1c1ccccc1c1ccccc21. The smallest absolute Gasteiger partial charge is 0.0732 e. The van der Waals surface area contributed by atoms with E-state index in [0.717, 1.165) is 0 Å². The van der Waals surface area contributed by atoms with E-state index < -0.39 is 5.41 Å². The summed E-state index contributed by atoms with van der Waals surface area (Å²) in [7, 11) is 0.